The van der Waals surface area contributed by atoms with Gasteiger partial charge in [-0.05, 0) is 6.92 Å². The lowest BCUT2D eigenvalue weighted by Gasteiger charge is -2.42. The van der Waals surface area contributed by atoms with Gasteiger partial charge in [0.2, 0.25) is 0 Å². The molecule has 1 N–H and O–H groups in total. The average molecular weight is 399 g/mol. The van der Waals surface area contributed by atoms with Gasteiger partial charge in [-0.1, -0.05) is 0 Å². The van der Waals surface area contributed by atoms with Crippen molar-refractivity contribution >= 4 is 35.6 Å². The molecule has 0 radical (unpaired) electrons. The molecular formula is C15H23N6O5S+. The van der Waals surface area contributed by atoms with Crippen LogP contribution in [0.15, 0.2) is 0 Å². The zero-order chi connectivity index (χ0) is 19.5. The molecule has 2 aliphatic heterocycles. The van der Waals surface area contributed by atoms with Gasteiger partial charge in [-0.2, -0.15) is 16.2 Å². The number of amides is 1. The Hall–Kier alpha value is -1.86. The molecule has 3 heterocycles. The van der Waals surface area contributed by atoms with Crippen LogP contribution in [0, 0.1) is 15.3 Å². The summed E-state index contributed by atoms with van der Waals surface area (Å²) in [5.41, 5.74) is -0.498. The van der Waals surface area contributed by atoms with Gasteiger partial charge in [0.25, 0.3) is 0 Å². The number of piperazine rings is 1. The van der Waals surface area contributed by atoms with E-state index in [1.165, 1.54) is 0 Å². The standard InChI is InChI=1S/C15H23N6O5S/c1-2-26-14-12(19(23)24)13(21(25)7-9-27-10-8-21)17-15(18-14)20(11-22)5-3-16-4-6-20/h11,16H,2-10H2,1H3/q+1. The summed E-state index contributed by atoms with van der Waals surface area (Å²) >= 11 is 1.63. The third kappa shape index (κ3) is 3.75. The van der Waals surface area contributed by atoms with Gasteiger partial charge >= 0.3 is 29.7 Å². The molecule has 148 valence electrons. The molecule has 12 heteroatoms. The molecule has 2 aliphatic rings. The minimum absolute atomic E-state index is 0.0853. The first-order chi connectivity index (χ1) is 13.0. The Morgan fingerprint density at radius 2 is 1.93 bits per heavy atom. The SMILES string of the molecule is CCOc1nc([N+]2(C=O)CCNCC2)nc([N+]2([O-])CCSCC2)c1[N+](=O)[O-]. The fraction of sp³-hybridized carbons (Fsp3) is 0.667. The third-order valence-corrected chi connectivity index (χ3v) is 5.78. The van der Waals surface area contributed by atoms with E-state index in [-0.39, 0.29) is 41.8 Å². The Bertz CT molecular complexity index is 721. The summed E-state index contributed by atoms with van der Waals surface area (Å²) in [7, 11) is 0. The summed E-state index contributed by atoms with van der Waals surface area (Å²) in [5.74, 6) is 0.795. The molecule has 0 aliphatic carbocycles. The number of hydrogen-bond donors (Lipinski definition) is 1. The van der Waals surface area contributed by atoms with Crippen molar-refractivity contribution in [2.75, 3.05) is 57.4 Å². The molecule has 1 amide bonds. The molecule has 0 bridgehead atoms. The van der Waals surface area contributed by atoms with E-state index in [9.17, 15) is 20.1 Å². The summed E-state index contributed by atoms with van der Waals surface area (Å²) in [6.45, 7) is 4.14. The topological polar surface area (TPSA) is 130 Å². The van der Waals surface area contributed by atoms with Crippen LogP contribution in [0.2, 0.25) is 0 Å². The second-order valence-corrected chi connectivity index (χ2v) is 7.70. The first kappa shape index (κ1) is 19.9. The number of carbonyl (C=O) groups excluding carboxylic acids is 1. The van der Waals surface area contributed by atoms with E-state index < -0.39 is 15.3 Å². The fourth-order valence-electron chi connectivity index (χ4n) is 3.29. The number of thioether (sulfide) groups is 1. The molecule has 0 atom stereocenters. The van der Waals surface area contributed by atoms with E-state index in [1.54, 1.807) is 18.7 Å². The number of rotatable bonds is 6. The van der Waals surface area contributed by atoms with Gasteiger partial charge in [0.15, 0.2) is 0 Å². The van der Waals surface area contributed by atoms with E-state index in [1.807, 2.05) is 0 Å². The van der Waals surface area contributed by atoms with Crippen LogP contribution >= 0.6 is 11.8 Å². The second kappa shape index (κ2) is 8.02. The van der Waals surface area contributed by atoms with Crippen LogP contribution in [0.4, 0.5) is 17.5 Å². The average Bonchev–Trinajstić information content (AvgIpc) is 2.68. The maximum Gasteiger partial charge on any atom is 0.411 e. The maximum atomic E-state index is 13.4. The van der Waals surface area contributed by atoms with Crippen molar-refractivity contribution in [1.82, 2.24) is 24.4 Å². The number of nitro groups is 1. The zero-order valence-electron chi connectivity index (χ0n) is 15.1. The van der Waals surface area contributed by atoms with E-state index >= 15 is 0 Å². The Kier molecular flexibility index (Phi) is 5.91. The van der Waals surface area contributed by atoms with Crippen molar-refractivity contribution in [3.05, 3.63) is 15.3 Å². The van der Waals surface area contributed by atoms with Crippen molar-refractivity contribution < 1.29 is 14.5 Å². The molecule has 27 heavy (non-hydrogen) atoms. The van der Waals surface area contributed by atoms with Crippen LogP contribution in [0.1, 0.15) is 6.92 Å². The van der Waals surface area contributed by atoms with Crippen molar-refractivity contribution in [3.8, 4) is 5.88 Å². The molecule has 3 rings (SSSR count). The number of aromatic nitrogens is 2. The van der Waals surface area contributed by atoms with Gasteiger partial charge in [-0.15, -0.1) is 9.97 Å². The van der Waals surface area contributed by atoms with Gasteiger partial charge in [0.1, 0.15) is 13.1 Å². The Balaban J connectivity index is 2.21. The van der Waals surface area contributed by atoms with Gasteiger partial charge < -0.3 is 19.9 Å². The summed E-state index contributed by atoms with van der Waals surface area (Å²) in [5, 5.41) is 28.3. The number of carbonyl (C=O) groups is 1. The molecule has 2 fully saturated rings. The summed E-state index contributed by atoms with van der Waals surface area (Å²) in [6, 6.07) is 0. The monoisotopic (exact) mass is 399 g/mol. The number of nitrogens with one attached hydrogen (secondary N) is 1. The van der Waals surface area contributed by atoms with Crippen molar-refractivity contribution in [2.45, 2.75) is 6.92 Å². The van der Waals surface area contributed by atoms with Crippen LogP contribution in [0.25, 0.3) is 0 Å². The highest BCUT2D eigenvalue weighted by molar-refractivity contribution is 7.99. The van der Waals surface area contributed by atoms with Crippen molar-refractivity contribution in [2.24, 2.45) is 0 Å². The fourth-order valence-corrected chi connectivity index (χ4v) is 4.34. The largest absolute Gasteiger partial charge is 0.626 e. The highest BCUT2D eigenvalue weighted by Gasteiger charge is 2.44. The first-order valence-corrected chi connectivity index (χ1v) is 10.0. The molecule has 2 saturated heterocycles. The highest BCUT2D eigenvalue weighted by Crippen LogP contribution is 2.41. The molecule has 11 nitrogen and oxygen atoms in total. The lowest BCUT2D eigenvalue weighted by molar-refractivity contribution is -0.386. The molecule has 0 saturated carbocycles. The van der Waals surface area contributed by atoms with Crippen LogP contribution in [0.3, 0.4) is 0 Å². The lowest BCUT2D eigenvalue weighted by Crippen LogP contribution is -2.60. The maximum absolute atomic E-state index is 13.4. The van der Waals surface area contributed by atoms with E-state index in [0.717, 1.165) is 6.41 Å². The number of nitrogens with zero attached hydrogens (tertiary/aromatic N) is 5. The molecule has 0 aromatic carbocycles. The number of ether oxygens (including phenoxy) is 1. The predicted octanol–water partition coefficient (Wildman–Crippen LogP) is 0.402. The molecule has 1 aromatic rings. The summed E-state index contributed by atoms with van der Waals surface area (Å²) < 4.78 is 4.31. The Labute approximate surface area is 160 Å². The van der Waals surface area contributed by atoms with Gasteiger partial charge in [0, 0.05) is 24.6 Å². The van der Waals surface area contributed by atoms with Crippen molar-refractivity contribution in [1.29, 1.82) is 0 Å². The second-order valence-electron chi connectivity index (χ2n) is 6.48. The molecular weight excluding hydrogens is 376 g/mol. The lowest BCUT2D eigenvalue weighted by atomic mass is 10.3. The van der Waals surface area contributed by atoms with E-state index in [0.29, 0.717) is 37.7 Å². The van der Waals surface area contributed by atoms with Crippen LogP contribution in [-0.4, -0.2) is 78.7 Å². The number of quaternary nitrogens is 2. The van der Waals surface area contributed by atoms with Gasteiger partial charge in [0.05, 0.1) is 24.6 Å². The van der Waals surface area contributed by atoms with Crippen LogP contribution in [0.5, 0.6) is 5.88 Å². The van der Waals surface area contributed by atoms with Crippen LogP contribution in [-0.2, 0) is 4.79 Å². The molecule has 1 aromatic heterocycles. The molecule has 0 unspecified atom stereocenters. The smallest absolute Gasteiger partial charge is 0.411 e. The first-order valence-electron chi connectivity index (χ1n) is 8.86. The number of hydrogen-bond acceptors (Lipinski definition) is 9. The zero-order valence-corrected chi connectivity index (χ0v) is 15.9. The van der Waals surface area contributed by atoms with E-state index in [2.05, 4.69) is 15.3 Å². The number of hydroxylamine groups is 2. The highest BCUT2D eigenvalue weighted by atomic mass is 32.2. The third-order valence-electron chi connectivity index (χ3n) is 4.84. The quantitative estimate of drug-likeness (QED) is 0.237. The minimum atomic E-state index is -0.907. The minimum Gasteiger partial charge on any atom is -0.626 e. The summed E-state index contributed by atoms with van der Waals surface area (Å²) in [4.78, 5) is 31.6. The summed E-state index contributed by atoms with van der Waals surface area (Å²) in [6.07, 6.45) is 0.739. The van der Waals surface area contributed by atoms with Gasteiger partial charge in [-0.25, -0.2) is 4.79 Å². The van der Waals surface area contributed by atoms with Crippen LogP contribution < -0.4 is 19.2 Å². The Morgan fingerprint density at radius 1 is 1.26 bits per heavy atom. The van der Waals surface area contributed by atoms with E-state index in [4.69, 9.17) is 4.74 Å². The Morgan fingerprint density at radius 3 is 2.48 bits per heavy atom. The normalized spacial score (nSPS) is 21.4. The van der Waals surface area contributed by atoms with Crippen molar-refractivity contribution in [3.63, 3.8) is 0 Å². The molecule has 0 spiro atoms. The predicted molar refractivity (Wildman–Crippen MR) is 103 cm³/mol. The van der Waals surface area contributed by atoms with Gasteiger partial charge in [-0.3, -0.25) is 10.1 Å².